The molecule has 1 fully saturated rings. The number of rotatable bonds is 3. The number of fused-ring (bicyclic) bond motifs is 1. The summed E-state index contributed by atoms with van der Waals surface area (Å²) in [4.78, 5) is 17.4. The fraction of sp³-hybridized carbons (Fsp3) is 0.400. The third-order valence-corrected chi connectivity index (χ3v) is 4.18. The van der Waals surface area contributed by atoms with E-state index in [1.807, 2.05) is 12.1 Å². The third kappa shape index (κ3) is 2.67. The van der Waals surface area contributed by atoms with Crippen molar-refractivity contribution in [3.8, 4) is 0 Å². The molecule has 1 saturated heterocycles. The van der Waals surface area contributed by atoms with E-state index in [0.717, 1.165) is 36.8 Å². The Morgan fingerprint density at radius 2 is 2.14 bits per heavy atom. The van der Waals surface area contributed by atoms with E-state index in [-0.39, 0.29) is 10.6 Å². The second-order valence-corrected chi connectivity index (χ2v) is 5.46. The lowest BCUT2D eigenvalue weighted by Crippen LogP contribution is -2.36. The molecular weight excluding hydrogens is 268 g/mol. The zero-order valence-electron chi connectivity index (χ0n) is 11.7. The van der Waals surface area contributed by atoms with Gasteiger partial charge in [-0.25, -0.2) is 0 Å². The Kier molecular flexibility index (Phi) is 3.70. The number of benzene rings is 1. The molecule has 0 bridgehead atoms. The van der Waals surface area contributed by atoms with E-state index in [1.165, 1.54) is 0 Å². The molecular formula is C15H18N4O2. The molecule has 1 aliphatic heterocycles. The van der Waals surface area contributed by atoms with E-state index >= 15 is 0 Å². The molecule has 0 spiro atoms. The number of hydrogen-bond acceptors (Lipinski definition) is 5. The molecule has 0 unspecified atom stereocenters. The average molecular weight is 286 g/mol. The zero-order chi connectivity index (χ0) is 14.8. The molecule has 2 heterocycles. The lowest BCUT2D eigenvalue weighted by molar-refractivity contribution is -0.384. The van der Waals surface area contributed by atoms with Gasteiger partial charge in [0.2, 0.25) is 0 Å². The second-order valence-electron chi connectivity index (χ2n) is 5.46. The predicted molar refractivity (Wildman–Crippen MR) is 82.4 cm³/mol. The third-order valence-electron chi connectivity index (χ3n) is 4.18. The second kappa shape index (κ2) is 5.65. The van der Waals surface area contributed by atoms with Crippen LogP contribution in [-0.2, 0) is 0 Å². The van der Waals surface area contributed by atoms with Crippen molar-refractivity contribution < 1.29 is 4.92 Å². The Bertz CT molecular complexity index is 666. The van der Waals surface area contributed by atoms with Crippen molar-refractivity contribution in [1.29, 1.82) is 0 Å². The summed E-state index contributed by atoms with van der Waals surface area (Å²) in [7, 11) is 0. The number of nitro benzene ring substituents is 1. The van der Waals surface area contributed by atoms with Gasteiger partial charge in [0.05, 0.1) is 10.4 Å². The molecule has 1 aliphatic rings. The lowest BCUT2D eigenvalue weighted by Gasteiger charge is -2.32. The maximum atomic E-state index is 11.4. The highest BCUT2D eigenvalue weighted by atomic mass is 16.6. The molecule has 110 valence electrons. The molecule has 3 rings (SSSR count). The Hall–Kier alpha value is -2.21. The van der Waals surface area contributed by atoms with Crippen LogP contribution in [0.1, 0.15) is 12.8 Å². The normalized spacial score (nSPS) is 16.3. The van der Waals surface area contributed by atoms with Crippen molar-refractivity contribution in [2.24, 2.45) is 11.7 Å². The van der Waals surface area contributed by atoms with Gasteiger partial charge in [0, 0.05) is 30.7 Å². The molecule has 0 saturated carbocycles. The van der Waals surface area contributed by atoms with Crippen LogP contribution in [0, 0.1) is 16.0 Å². The van der Waals surface area contributed by atoms with Crippen LogP contribution in [0.4, 0.5) is 11.4 Å². The summed E-state index contributed by atoms with van der Waals surface area (Å²) in [6.07, 6.45) is 3.67. The summed E-state index contributed by atoms with van der Waals surface area (Å²) in [6.45, 7) is 2.30. The first-order valence-electron chi connectivity index (χ1n) is 7.17. The quantitative estimate of drug-likeness (QED) is 0.691. The average Bonchev–Trinajstić information content (AvgIpc) is 2.53. The van der Waals surface area contributed by atoms with Gasteiger partial charge in [0.1, 0.15) is 5.69 Å². The number of anilines is 1. The van der Waals surface area contributed by atoms with Crippen LogP contribution < -0.4 is 10.6 Å². The van der Waals surface area contributed by atoms with Crippen molar-refractivity contribution in [3.63, 3.8) is 0 Å². The Labute approximate surface area is 122 Å². The fourth-order valence-electron chi connectivity index (χ4n) is 2.91. The predicted octanol–water partition coefficient (Wildman–Crippen LogP) is 2.32. The number of nitro groups is 1. The lowest BCUT2D eigenvalue weighted by atomic mass is 9.96. The van der Waals surface area contributed by atoms with E-state index in [2.05, 4.69) is 9.88 Å². The summed E-state index contributed by atoms with van der Waals surface area (Å²) in [5, 5.41) is 12.2. The van der Waals surface area contributed by atoms with Crippen LogP contribution in [-0.4, -0.2) is 29.5 Å². The standard InChI is InChI=1S/C15H18N4O2/c16-10-11-3-6-18(7-4-11)14-9-13-12(2-1-5-17-13)8-15(14)19(20)21/h1-2,5,8-9,11H,3-4,6-7,10,16H2. The van der Waals surface area contributed by atoms with Gasteiger partial charge in [-0.1, -0.05) is 6.07 Å². The summed E-state index contributed by atoms with van der Waals surface area (Å²) in [5.74, 6) is 0.527. The van der Waals surface area contributed by atoms with Gasteiger partial charge in [-0.3, -0.25) is 15.1 Å². The molecule has 0 atom stereocenters. The van der Waals surface area contributed by atoms with Gasteiger partial charge in [0.15, 0.2) is 0 Å². The largest absolute Gasteiger partial charge is 0.366 e. The van der Waals surface area contributed by atoms with Crippen LogP contribution in [0.15, 0.2) is 30.5 Å². The zero-order valence-corrected chi connectivity index (χ0v) is 11.7. The Morgan fingerprint density at radius 1 is 1.38 bits per heavy atom. The molecule has 2 aromatic rings. The van der Waals surface area contributed by atoms with E-state index in [1.54, 1.807) is 18.3 Å². The summed E-state index contributed by atoms with van der Waals surface area (Å²) in [5.41, 5.74) is 7.32. The monoisotopic (exact) mass is 286 g/mol. The molecule has 1 aromatic carbocycles. The highest BCUT2D eigenvalue weighted by molar-refractivity contribution is 5.87. The first-order chi connectivity index (χ1) is 10.2. The number of hydrogen-bond donors (Lipinski definition) is 1. The molecule has 0 radical (unpaired) electrons. The van der Waals surface area contributed by atoms with Gasteiger partial charge < -0.3 is 10.6 Å². The molecule has 21 heavy (non-hydrogen) atoms. The fourth-order valence-corrected chi connectivity index (χ4v) is 2.91. The molecule has 0 aliphatic carbocycles. The summed E-state index contributed by atoms with van der Waals surface area (Å²) >= 11 is 0. The topological polar surface area (TPSA) is 85.3 Å². The Morgan fingerprint density at radius 3 is 2.81 bits per heavy atom. The first-order valence-corrected chi connectivity index (χ1v) is 7.17. The molecule has 6 nitrogen and oxygen atoms in total. The van der Waals surface area contributed by atoms with E-state index in [4.69, 9.17) is 5.73 Å². The SMILES string of the molecule is NCC1CCN(c2cc3ncccc3cc2[N+](=O)[O-])CC1. The summed E-state index contributed by atoms with van der Waals surface area (Å²) < 4.78 is 0. The van der Waals surface area contributed by atoms with Crippen LogP contribution in [0.2, 0.25) is 0 Å². The first kappa shape index (κ1) is 13.8. The number of pyridine rings is 1. The minimum absolute atomic E-state index is 0.154. The van der Waals surface area contributed by atoms with Gasteiger partial charge >= 0.3 is 0 Å². The van der Waals surface area contributed by atoms with E-state index < -0.39 is 0 Å². The minimum atomic E-state index is -0.309. The number of nitrogens with zero attached hydrogens (tertiary/aromatic N) is 3. The van der Waals surface area contributed by atoms with Gasteiger partial charge in [-0.05, 0) is 37.4 Å². The number of nitrogens with two attached hydrogens (primary N) is 1. The molecule has 2 N–H and O–H groups in total. The highest BCUT2D eigenvalue weighted by Crippen LogP contribution is 2.34. The number of aromatic nitrogens is 1. The van der Waals surface area contributed by atoms with Crippen LogP contribution in [0.5, 0.6) is 0 Å². The highest BCUT2D eigenvalue weighted by Gasteiger charge is 2.25. The van der Waals surface area contributed by atoms with Crippen molar-refractivity contribution in [2.45, 2.75) is 12.8 Å². The molecule has 6 heteroatoms. The minimum Gasteiger partial charge on any atom is -0.366 e. The smallest absolute Gasteiger partial charge is 0.293 e. The Balaban J connectivity index is 2.00. The van der Waals surface area contributed by atoms with Gasteiger partial charge in [-0.15, -0.1) is 0 Å². The van der Waals surface area contributed by atoms with Crippen molar-refractivity contribution in [3.05, 3.63) is 40.6 Å². The molecule has 0 amide bonds. The van der Waals surface area contributed by atoms with Crippen LogP contribution >= 0.6 is 0 Å². The van der Waals surface area contributed by atoms with Gasteiger partial charge in [-0.2, -0.15) is 0 Å². The van der Waals surface area contributed by atoms with E-state index in [0.29, 0.717) is 18.2 Å². The van der Waals surface area contributed by atoms with Crippen molar-refractivity contribution >= 4 is 22.3 Å². The maximum Gasteiger partial charge on any atom is 0.293 e. The number of piperidine rings is 1. The molecule has 1 aromatic heterocycles. The van der Waals surface area contributed by atoms with Crippen LogP contribution in [0.25, 0.3) is 10.9 Å². The van der Waals surface area contributed by atoms with E-state index in [9.17, 15) is 10.1 Å². The van der Waals surface area contributed by atoms with Crippen LogP contribution in [0.3, 0.4) is 0 Å². The van der Waals surface area contributed by atoms with Crippen molar-refractivity contribution in [1.82, 2.24) is 4.98 Å². The van der Waals surface area contributed by atoms with Gasteiger partial charge in [0.25, 0.3) is 5.69 Å². The maximum absolute atomic E-state index is 11.4. The summed E-state index contributed by atoms with van der Waals surface area (Å²) in [6, 6.07) is 7.08. The van der Waals surface area contributed by atoms with Crippen molar-refractivity contribution in [2.75, 3.05) is 24.5 Å².